The minimum Gasteiger partial charge on any atom is -0.483 e. The van der Waals surface area contributed by atoms with Crippen LogP contribution in [-0.4, -0.2) is 13.2 Å². The molecular weight excluding hydrogens is 246 g/mol. The van der Waals surface area contributed by atoms with E-state index in [1.807, 2.05) is 25.2 Å². The number of nitrogens with one attached hydrogen (secondary N) is 1. The lowest BCUT2D eigenvalue weighted by Gasteiger charge is -2.20. The zero-order valence-electron chi connectivity index (χ0n) is 12.8. The topological polar surface area (TPSA) is 21.3 Å². The van der Waals surface area contributed by atoms with E-state index in [-0.39, 0.29) is 0 Å². The quantitative estimate of drug-likeness (QED) is 0.256. The Bertz CT molecular complexity index is 398. The summed E-state index contributed by atoms with van der Waals surface area (Å²) in [5, 5.41) is 3.29. The summed E-state index contributed by atoms with van der Waals surface area (Å²) in [4.78, 5) is 0. The van der Waals surface area contributed by atoms with Crippen LogP contribution >= 0.6 is 0 Å². The highest BCUT2D eigenvalue weighted by atomic mass is 16.5. The molecule has 2 nitrogen and oxygen atoms in total. The second-order valence-corrected chi connectivity index (χ2v) is 4.61. The molecule has 0 radical (unpaired) electrons. The van der Waals surface area contributed by atoms with Crippen LogP contribution in [0.25, 0.3) is 0 Å². The van der Waals surface area contributed by atoms with E-state index >= 15 is 0 Å². The fourth-order valence-electron chi connectivity index (χ4n) is 1.75. The number of allylic oxidation sites excluding steroid dienone is 5. The molecule has 2 heteroatoms. The van der Waals surface area contributed by atoms with Gasteiger partial charge in [-0.25, -0.2) is 0 Å². The molecule has 0 aromatic rings. The molecule has 0 aliphatic rings. The SMILES string of the molecule is C=C=C(C)CC(CCC/C=C\C=C/C=C)NC(=C)OC. The Labute approximate surface area is 123 Å². The van der Waals surface area contributed by atoms with Crippen LogP contribution in [-0.2, 0) is 4.74 Å². The number of ether oxygens (including phenoxy) is 1. The maximum atomic E-state index is 5.08. The summed E-state index contributed by atoms with van der Waals surface area (Å²) in [5.41, 5.74) is 4.08. The summed E-state index contributed by atoms with van der Waals surface area (Å²) < 4.78 is 5.08. The van der Waals surface area contributed by atoms with E-state index in [0.29, 0.717) is 11.9 Å². The first kappa shape index (κ1) is 18.1. The molecule has 0 aliphatic carbocycles. The summed E-state index contributed by atoms with van der Waals surface area (Å²) in [5.74, 6) is 0.608. The lowest BCUT2D eigenvalue weighted by atomic mass is 10.0. The number of hydrogen-bond donors (Lipinski definition) is 1. The molecule has 0 saturated carbocycles. The van der Waals surface area contributed by atoms with Gasteiger partial charge in [0.15, 0.2) is 5.88 Å². The summed E-state index contributed by atoms with van der Waals surface area (Å²) in [7, 11) is 1.62. The van der Waals surface area contributed by atoms with E-state index in [9.17, 15) is 0 Å². The fraction of sp³-hybridized carbons (Fsp3) is 0.389. The molecular formula is C18H27NO. The molecule has 0 saturated heterocycles. The van der Waals surface area contributed by atoms with Crippen LogP contribution in [0.15, 0.2) is 67.3 Å². The van der Waals surface area contributed by atoms with Gasteiger partial charge < -0.3 is 10.1 Å². The van der Waals surface area contributed by atoms with Gasteiger partial charge in [0.1, 0.15) is 0 Å². The largest absolute Gasteiger partial charge is 0.483 e. The van der Waals surface area contributed by atoms with Crippen molar-refractivity contribution in [3.8, 4) is 0 Å². The van der Waals surface area contributed by atoms with Crippen molar-refractivity contribution >= 4 is 0 Å². The van der Waals surface area contributed by atoms with Gasteiger partial charge in [-0.05, 0) is 44.8 Å². The minimum absolute atomic E-state index is 0.314. The third kappa shape index (κ3) is 10.0. The van der Waals surface area contributed by atoms with Crippen molar-refractivity contribution in [3.05, 3.63) is 67.3 Å². The Kier molecular flexibility index (Phi) is 11.0. The molecule has 1 atom stereocenters. The standard InChI is InChI=1S/C18H27NO/c1-6-8-9-10-11-12-13-14-18(15-16(3)7-2)19-17(4)20-5/h6,8-11,18-19H,1-2,4,12-15H2,3,5H3/b9-8-,11-10-. The molecule has 110 valence electrons. The molecule has 1 unspecified atom stereocenters. The van der Waals surface area contributed by atoms with Crippen molar-refractivity contribution in [1.82, 2.24) is 5.32 Å². The lowest BCUT2D eigenvalue weighted by molar-refractivity contribution is 0.247. The first-order valence-corrected chi connectivity index (χ1v) is 6.93. The molecule has 0 heterocycles. The molecule has 0 spiro atoms. The van der Waals surface area contributed by atoms with E-state index in [4.69, 9.17) is 4.74 Å². The molecule has 0 aromatic carbocycles. The smallest absolute Gasteiger partial charge is 0.179 e. The van der Waals surface area contributed by atoms with Crippen LogP contribution in [0.1, 0.15) is 32.6 Å². The Morgan fingerprint density at radius 3 is 2.70 bits per heavy atom. The van der Waals surface area contributed by atoms with Crippen molar-refractivity contribution in [2.75, 3.05) is 7.11 Å². The van der Waals surface area contributed by atoms with Crippen LogP contribution in [0.2, 0.25) is 0 Å². The highest BCUT2D eigenvalue weighted by Crippen LogP contribution is 2.12. The molecule has 0 fully saturated rings. The van der Waals surface area contributed by atoms with Gasteiger partial charge in [0, 0.05) is 6.04 Å². The van der Waals surface area contributed by atoms with Crippen LogP contribution in [0.3, 0.4) is 0 Å². The van der Waals surface area contributed by atoms with Gasteiger partial charge >= 0.3 is 0 Å². The number of hydrogen-bond acceptors (Lipinski definition) is 2. The van der Waals surface area contributed by atoms with Crippen LogP contribution in [0, 0.1) is 0 Å². The highest BCUT2D eigenvalue weighted by molar-refractivity contribution is 5.08. The molecule has 0 amide bonds. The van der Waals surface area contributed by atoms with Gasteiger partial charge in [0.25, 0.3) is 0 Å². The van der Waals surface area contributed by atoms with Crippen molar-refractivity contribution in [1.29, 1.82) is 0 Å². The maximum absolute atomic E-state index is 5.08. The highest BCUT2D eigenvalue weighted by Gasteiger charge is 2.09. The van der Waals surface area contributed by atoms with Crippen LogP contribution in [0.4, 0.5) is 0 Å². The molecule has 0 bridgehead atoms. The van der Waals surface area contributed by atoms with Crippen LogP contribution in [0.5, 0.6) is 0 Å². The van der Waals surface area contributed by atoms with Gasteiger partial charge in [0.05, 0.1) is 7.11 Å². The van der Waals surface area contributed by atoms with E-state index in [0.717, 1.165) is 31.3 Å². The Hall–Kier alpha value is -1.92. The summed E-state index contributed by atoms with van der Waals surface area (Å²) >= 11 is 0. The Morgan fingerprint density at radius 2 is 2.10 bits per heavy atom. The van der Waals surface area contributed by atoms with E-state index in [1.165, 1.54) is 0 Å². The van der Waals surface area contributed by atoms with E-state index in [1.54, 1.807) is 13.2 Å². The van der Waals surface area contributed by atoms with Gasteiger partial charge in [-0.3, -0.25) is 0 Å². The zero-order chi connectivity index (χ0) is 15.2. The molecule has 0 aromatic heterocycles. The number of rotatable bonds is 11. The predicted molar refractivity (Wildman–Crippen MR) is 88.3 cm³/mol. The Balaban J connectivity index is 4.18. The lowest BCUT2D eigenvalue weighted by Crippen LogP contribution is -2.29. The van der Waals surface area contributed by atoms with Crippen molar-refractivity contribution < 1.29 is 4.74 Å². The zero-order valence-corrected chi connectivity index (χ0v) is 12.8. The summed E-state index contributed by atoms with van der Waals surface area (Å²) in [6.07, 6.45) is 14.0. The van der Waals surface area contributed by atoms with E-state index < -0.39 is 0 Å². The Morgan fingerprint density at radius 1 is 1.35 bits per heavy atom. The average molecular weight is 273 g/mol. The fourth-order valence-corrected chi connectivity index (χ4v) is 1.75. The summed E-state index contributed by atoms with van der Waals surface area (Å²) in [6.45, 7) is 13.2. The third-order valence-electron chi connectivity index (χ3n) is 2.88. The summed E-state index contributed by atoms with van der Waals surface area (Å²) in [6, 6.07) is 0.314. The molecule has 1 N–H and O–H groups in total. The first-order valence-electron chi connectivity index (χ1n) is 6.93. The van der Waals surface area contributed by atoms with Gasteiger partial charge in [-0.1, -0.05) is 43.5 Å². The third-order valence-corrected chi connectivity index (χ3v) is 2.88. The minimum atomic E-state index is 0.314. The second kappa shape index (κ2) is 12.1. The van der Waals surface area contributed by atoms with Gasteiger partial charge in [-0.2, -0.15) is 0 Å². The molecule has 0 aliphatic heterocycles. The van der Waals surface area contributed by atoms with Crippen LogP contribution < -0.4 is 5.32 Å². The normalized spacial score (nSPS) is 12.1. The first-order chi connectivity index (χ1) is 9.63. The molecule has 0 rings (SSSR count). The predicted octanol–water partition coefficient (Wildman–Crippen LogP) is 4.65. The number of unbranched alkanes of at least 4 members (excludes halogenated alkanes) is 1. The molecule has 20 heavy (non-hydrogen) atoms. The van der Waals surface area contributed by atoms with Crippen molar-refractivity contribution in [2.24, 2.45) is 0 Å². The van der Waals surface area contributed by atoms with Crippen molar-refractivity contribution in [2.45, 2.75) is 38.6 Å². The number of methoxy groups -OCH3 is 1. The van der Waals surface area contributed by atoms with Crippen molar-refractivity contribution in [3.63, 3.8) is 0 Å². The monoisotopic (exact) mass is 273 g/mol. The second-order valence-electron chi connectivity index (χ2n) is 4.61. The average Bonchev–Trinajstić information content (AvgIpc) is 2.45. The maximum Gasteiger partial charge on any atom is 0.179 e. The van der Waals surface area contributed by atoms with E-state index in [2.05, 4.69) is 36.9 Å². The van der Waals surface area contributed by atoms with Gasteiger partial charge in [-0.15, -0.1) is 5.73 Å². The van der Waals surface area contributed by atoms with Gasteiger partial charge in [0.2, 0.25) is 0 Å².